The number of fused-ring (bicyclic) bond motifs is 2. The molecule has 29 heavy (non-hydrogen) atoms. The average Bonchev–Trinajstić information content (AvgIpc) is 3.19. The van der Waals surface area contributed by atoms with E-state index in [0.29, 0.717) is 25.1 Å². The minimum absolute atomic E-state index is 0.0257. The van der Waals surface area contributed by atoms with Crippen molar-refractivity contribution in [1.29, 1.82) is 0 Å². The molecule has 0 radical (unpaired) electrons. The van der Waals surface area contributed by atoms with Crippen molar-refractivity contribution in [3.05, 3.63) is 66.1 Å². The Morgan fingerprint density at radius 1 is 1.07 bits per heavy atom. The second-order valence-corrected chi connectivity index (χ2v) is 7.48. The molecule has 1 amide bonds. The molecule has 150 valence electrons. The van der Waals surface area contributed by atoms with Crippen molar-refractivity contribution in [2.24, 2.45) is 0 Å². The zero-order chi connectivity index (χ0) is 20.4. The van der Waals surface area contributed by atoms with Crippen molar-refractivity contribution in [2.75, 3.05) is 25.7 Å². The minimum Gasteiger partial charge on any atom is -0.383 e. The van der Waals surface area contributed by atoms with Gasteiger partial charge in [-0.05, 0) is 31.0 Å². The van der Waals surface area contributed by atoms with Gasteiger partial charge in [0.05, 0.1) is 35.5 Å². The van der Waals surface area contributed by atoms with Gasteiger partial charge in [-0.25, -0.2) is 4.98 Å². The molecular formula is C23H25FN4O. The van der Waals surface area contributed by atoms with E-state index in [4.69, 9.17) is 4.98 Å². The lowest BCUT2D eigenvalue weighted by Crippen LogP contribution is -2.28. The summed E-state index contributed by atoms with van der Waals surface area (Å²) in [5, 5.41) is 0. The molecule has 1 aromatic heterocycles. The SMILES string of the molecule is CN(C)/C=C1\C(=O)N(Cc2nc3ccccc3n2CCCCF)c2ccccc21. The van der Waals surface area contributed by atoms with Crippen molar-refractivity contribution < 1.29 is 9.18 Å². The summed E-state index contributed by atoms with van der Waals surface area (Å²) < 4.78 is 14.8. The summed E-state index contributed by atoms with van der Waals surface area (Å²) in [4.78, 5) is 21.7. The first-order chi connectivity index (χ1) is 14.1. The predicted molar refractivity (Wildman–Crippen MR) is 114 cm³/mol. The number of imidazole rings is 1. The van der Waals surface area contributed by atoms with Gasteiger partial charge in [-0.1, -0.05) is 30.3 Å². The first-order valence-electron chi connectivity index (χ1n) is 9.90. The highest BCUT2D eigenvalue weighted by atomic mass is 19.1. The quantitative estimate of drug-likeness (QED) is 0.446. The molecule has 1 aliphatic heterocycles. The minimum atomic E-state index is -0.321. The Labute approximate surface area is 170 Å². The van der Waals surface area contributed by atoms with E-state index in [0.717, 1.165) is 34.5 Å². The second-order valence-electron chi connectivity index (χ2n) is 7.48. The van der Waals surface area contributed by atoms with E-state index in [9.17, 15) is 9.18 Å². The van der Waals surface area contributed by atoms with Gasteiger partial charge < -0.3 is 14.4 Å². The molecule has 0 bridgehead atoms. The monoisotopic (exact) mass is 392 g/mol. The maximum Gasteiger partial charge on any atom is 0.260 e. The molecule has 4 rings (SSSR count). The van der Waals surface area contributed by atoms with Crippen LogP contribution in [0.15, 0.2) is 54.7 Å². The number of para-hydroxylation sites is 3. The Morgan fingerprint density at radius 2 is 1.83 bits per heavy atom. The van der Waals surface area contributed by atoms with Crippen LogP contribution >= 0.6 is 0 Å². The maximum atomic E-state index is 13.2. The Hall–Kier alpha value is -3.15. The van der Waals surface area contributed by atoms with E-state index in [-0.39, 0.29) is 12.6 Å². The predicted octanol–water partition coefficient (Wildman–Crippen LogP) is 4.24. The van der Waals surface area contributed by atoms with Gasteiger partial charge in [0.15, 0.2) is 0 Å². The number of nitrogens with zero attached hydrogens (tertiary/aromatic N) is 4. The highest BCUT2D eigenvalue weighted by Gasteiger charge is 2.33. The maximum absolute atomic E-state index is 13.2. The molecule has 0 saturated heterocycles. The van der Waals surface area contributed by atoms with Crippen molar-refractivity contribution >= 4 is 28.2 Å². The van der Waals surface area contributed by atoms with Gasteiger partial charge in [-0.2, -0.15) is 0 Å². The van der Waals surface area contributed by atoms with Crippen LogP contribution in [0.25, 0.3) is 16.6 Å². The molecular weight excluding hydrogens is 367 g/mol. The van der Waals surface area contributed by atoms with Crippen molar-refractivity contribution in [1.82, 2.24) is 14.5 Å². The van der Waals surface area contributed by atoms with Crippen LogP contribution in [0.2, 0.25) is 0 Å². The normalized spacial score (nSPS) is 14.8. The molecule has 0 fully saturated rings. The van der Waals surface area contributed by atoms with E-state index in [1.165, 1.54) is 0 Å². The number of aryl methyl sites for hydroxylation is 1. The molecule has 0 atom stereocenters. The number of rotatable bonds is 7. The summed E-state index contributed by atoms with van der Waals surface area (Å²) in [6.45, 7) is 0.743. The number of unbranched alkanes of at least 4 members (excludes halogenated alkanes) is 1. The van der Waals surface area contributed by atoms with Crippen LogP contribution in [0.1, 0.15) is 24.2 Å². The summed E-state index contributed by atoms with van der Waals surface area (Å²) in [5.74, 6) is 0.793. The fourth-order valence-corrected chi connectivity index (χ4v) is 3.85. The van der Waals surface area contributed by atoms with Crippen LogP contribution < -0.4 is 4.90 Å². The van der Waals surface area contributed by atoms with E-state index < -0.39 is 0 Å². The molecule has 0 aliphatic carbocycles. The van der Waals surface area contributed by atoms with Crippen LogP contribution in [0.4, 0.5) is 10.1 Å². The van der Waals surface area contributed by atoms with Gasteiger partial charge in [0.1, 0.15) is 5.82 Å². The second kappa shape index (κ2) is 8.07. The lowest BCUT2D eigenvalue weighted by Gasteiger charge is -2.18. The summed E-state index contributed by atoms with van der Waals surface area (Å²) in [6.07, 6.45) is 3.12. The number of halogens is 1. The van der Waals surface area contributed by atoms with Gasteiger partial charge in [0.2, 0.25) is 0 Å². The van der Waals surface area contributed by atoms with E-state index in [1.54, 1.807) is 4.90 Å². The number of anilines is 1. The zero-order valence-corrected chi connectivity index (χ0v) is 16.8. The molecule has 6 heteroatoms. The summed E-state index contributed by atoms with van der Waals surface area (Å²) in [5.41, 5.74) is 4.43. The molecule has 0 spiro atoms. The molecule has 5 nitrogen and oxygen atoms in total. The van der Waals surface area contributed by atoms with Gasteiger partial charge in [0.25, 0.3) is 5.91 Å². The Kier molecular flexibility index (Phi) is 5.34. The van der Waals surface area contributed by atoms with Crippen molar-refractivity contribution in [2.45, 2.75) is 25.9 Å². The standard InChI is InChI=1S/C23H25FN4O/c1-26(2)15-18-17-9-3-5-11-20(17)28(23(18)29)16-22-25-19-10-4-6-12-21(19)27(22)14-8-7-13-24/h3-6,9-12,15H,7-8,13-14,16H2,1-2H3/b18-15-. The Balaban J connectivity index is 1.73. The topological polar surface area (TPSA) is 41.4 Å². The van der Waals surface area contributed by atoms with Crippen LogP contribution in [0.3, 0.4) is 0 Å². The van der Waals surface area contributed by atoms with Crippen LogP contribution in [0.5, 0.6) is 0 Å². The lowest BCUT2D eigenvalue weighted by molar-refractivity contribution is -0.113. The number of carbonyl (C=O) groups is 1. The van der Waals surface area contributed by atoms with Crippen LogP contribution in [0, 0.1) is 0 Å². The van der Waals surface area contributed by atoms with Crippen LogP contribution in [-0.4, -0.2) is 41.1 Å². The molecule has 0 unspecified atom stereocenters. The van der Waals surface area contributed by atoms with Gasteiger partial charge in [-0.3, -0.25) is 9.18 Å². The lowest BCUT2D eigenvalue weighted by atomic mass is 10.1. The number of benzene rings is 2. The molecule has 2 aromatic carbocycles. The third-order valence-corrected chi connectivity index (χ3v) is 5.15. The number of carbonyl (C=O) groups excluding carboxylic acids is 1. The zero-order valence-electron chi connectivity index (χ0n) is 16.8. The summed E-state index contributed by atoms with van der Waals surface area (Å²) in [6, 6.07) is 15.8. The number of alkyl halides is 1. The Morgan fingerprint density at radius 3 is 2.62 bits per heavy atom. The number of aromatic nitrogens is 2. The van der Waals surface area contributed by atoms with Crippen molar-refractivity contribution in [3.8, 4) is 0 Å². The van der Waals surface area contributed by atoms with Gasteiger partial charge >= 0.3 is 0 Å². The van der Waals surface area contributed by atoms with Gasteiger partial charge in [0, 0.05) is 32.4 Å². The smallest absolute Gasteiger partial charge is 0.260 e. The molecule has 1 aliphatic rings. The molecule has 0 saturated carbocycles. The third kappa shape index (κ3) is 3.62. The molecule has 0 N–H and O–H groups in total. The van der Waals surface area contributed by atoms with E-state index in [2.05, 4.69) is 4.57 Å². The van der Waals surface area contributed by atoms with Crippen LogP contribution in [-0.2, 0) is 17.9 Å². The highest BCUT2D eigenvalue weighted by Crippen LogP contribution is 2.37. The molecule has 2 heterocycles. The number of hydrogen-bond acceptors (Lipinski definition) is 3. The summed E-state index contributed by atoms with van der Waals surface area (Å²) >= 11 is 0. The van der Waals surface area contributed by atoms with Crippen molar-refractivity contribution in [3.63, 3.8) is 0 Å². The summed E-state index contributed by atoms with van der Waals surface area (Å²) in [7, 11) is 3.83. The Bertz CT molecular complexity index is 1070. The average molecular weight is 392 g/mol. The third-order valence-electron chi connectivity index (χ3n) is 5.15. The largest absolute Gasteiger partial charge is 0.383 e. The first-order valence-corrected chi connectivity index (χ1v) is 9.90. The highest BCUT2D eigenvalue weighted by molar-refractivity contribution is 6.32. The number of amides is 1. The fourth-order valence-electron chi connectivity index (χ4n) is 3.85. The first kappa shape index (κ1) is 19.2. The fraction of sp³-hybridized carbons (Fsp3) is 0.304. The van der Waals surface area contributed by atoms with E-state index in [1.807, 2.05) is 73.7 Å². The van der Waals surface area contributed by atoms with E-state index >= 15 is 0 Å². The number of hydrogen-bond donors (Lipinski definition) is 0. The molecule has 3 aromatic rings. The van der Waals surface area contributed by atoms with Gasteiger partial charge in [-0.15, -0.1) is 0 Å².